The second-order valence-electron chi connectivity index (χ2n) is 6.96. The van der Waals surface area contributed by atoms with E-state index in [4.69, 9.17) is 14.2 Å². The Hall–Kier alpha value is -3.26. The third kappa shape index (κ3) is 4.44. The minimum absolute atomic E-state index is 0.00790. The summed E-state index contributed by atoms with van der Waals surface area (Å²) in [5.41, 5.74) is 0.622. The molecule has 2 aromatic carbocycles. The first-order chi connectivity index (χ1) is 15.1. The number of hydrogen-bond acceptors (Lipinski definition) is 7. The van der Waals surface area contributed by atoms with Gasteiger partial charge in [-0.1, -0.05) is 30.0 Å². The number of methoxy groups -OCH3 is 1. The molecule has 7 nitrogen and oxygen atoms in total. The standard InChI is InChI=1S/C23H23N3O4S/c1-4-13-26-22(20-14-29-18-7-5-6-8-19(18)30-20)24-25-23(26)31-15(2)21(27)16-9-11-17(28-3)12-10-16/h4-12,15,20H,1,13-14H2,2-3H3/t15-,20+/m0/s1. The Bertz CT molecular complexity index is 1080. The summed E-state index contributed by atoms with van der Waals surface area (Å²) >= 11 is 1.36. The molecule has 31 heavy (non-hydrogen) atoms. The number of allylic oxidation sites excluding steroid dienone is 1. The van der Waals surface area contributed by atoms with Crippen molar-refractivity contribution in [3.63, 3.8) is 0 Å². The Morgan fingerprint density at radius 2 is 2.00 bits per heavy atom. The van der Waals surface area contributed by atoms with Gasteiger partial charge in [0.1, 0.15) is 12.4 Å². The summed E-state index contributed by atoms with van der Waals surface area (Å²) in [5, 5.41) is 8.96. The molecule has 0 fully saturated rings. The van der Waals surface area contributed by atoms with Gasteiger partial charge in [0.05, 0.1) is 12.4 Å². The molecule has 3 aromatic rings. The van der Waals surface area contributed by atoms with Gasteiger partial charge in [-0.3, -0.25) is 9.36 Å². The first kappa shape index (κ1) is 21.0. The number of Topliss-reactive ketones (excluding diaryl/α,β-unsaturated/α-hetero) is 1. The molecule has 0 saturated carbocycles. The molecule has 0 N–H and O–H groups in total. The molecule has 8 heteroatoms. The number of nitrogens with zero attached hydrogens (tertiary/aromatic N) is 3. The topological polar surface area (TPSA) is 75.5 Å². The average Bonchev–Trinajstić information content (AvgIpc) is 3.20. The predicted octanol–water partition coefficient (Wildman–Crippen LogP) is 4.35. The van der Waals surface area contributed by atoms with Crippen molar-refractivity contribution in [3.8, 4) is 17.2 Å². The Morgan fingerprint density at radius 1 is 1.26 bits per heavy atom. The van der Waals surface area contributed by atoms with Crippen molar-refractivity contribution < 1.29 is 19.0 Å². The second-order valence-corrected chi connectivity index (χ2v) is 8.27. The quantitative estimate of drug-likeness (QED) is 0.295. The zero-order valence-corrected chi connectivity index (χ0v) is 18.2. The molecule has 2 heterocycles. The van der Waals surface area contributed by atoms with E-state index in [9.17, 15) is 4.79 Å². The van der Waals surface area contributed by atoms with Crippen LogP contribution in [0.3, 0.4) is 0 Å². The SMILES string of the molecule is C=CCn1c(S[C@@H](C)C(=O)c2ccc(OC)cc2)nnc1[C@H]1COc2ccccc2O1. The maximum Gasteiger partial charge on any atom is 0.192 e. The maximum absolute atomic E-state index is 12.9. The molecule has 2 atom stereocenters. The second kappa shape index (κ2) is 9.26. The van der Waals surface area contributed by atoms with Gasteiger partial charge >= 0.3 is 0 Å². The minimum atomic E-state index is -0.399. The molecule has 160 valence electrons. The van der Waals surface area contributed by atoms with Gasteiger partial charge < -0.3 is 14.2 Å². The highest BCUT2D eigenvalue weighted by atomic mass is 32.2. The number of ketones is 1. The van der Waals surface area contributed by atoms with E-state index in [1.165, 1.54) is 11.8 Å². The van der Waals surface area contributed by atoms with Crippen molar-refractivity contribution in [2.75, 3.05) is 13.7 Å². The van der Waals surface area contributed by atoms with Gasteiger partial charge in [-0.15, -0.1) is 16.8 Å². The van der Waals surface area contributed by atoms with E-state index in [2.05, 4.69) is 16.8 Å². The third-order valence-corrected chi connectivity index (χ3v) is 5.96. The van der Waals surface area contributed by atoms with E-state index in [-0.39, 0.29) is 11.0 Å². The summed E-state index contributed by atoms with van der Waals surface area (Å²) in [5.74, 6) is 2.74. The summed E-state index contributed by atoms with van der Waals surface area (Å²) < 4.78 is 19.0. The smallest absolute Gasteiger partial charge is 0.192 e. The van der Waals surface area contributed by atoms with Gasteiger partial charge in [0, 0.05) is 12.1 Å². The Balaban J connectivity index is 1.53. The lowest BCUT2D eigenvalue weighted by Gasteiger charge is -2.26. The number of hydrogen-bond donors (Lipinski definition) is 0. The van der Waals surface area contributed by atoms with Gasteiger partial charge in [-0.25, -0.2) is 0 Å². The van der Waals surface area contributed by atoms with Crippen molar-refractivity contribution in [3.05, 3.63) is 72.6 Å². The van der Waals surface area contributed by atoms with Crippen molar-refractivity contribution in [2.24, 2.45) is 0 Å². The zero-order chi connectivity index (χ0) is 21.8. The fourth-order valence-corrected chi connectivity index (χ4v) is 4.22. The molecule has 0 spiro atoms. The first-order valence-electron chi connectivity index (χ1n) is 9.88. The fraction of sp³-hybridized carbons (Fsp3) is 0.261. The van der Waals surface area contributed by atoms with Gasteiger partial charge in [0.25, 0.3) is 0 Å². The molecule has 0 radical (unpaired) electrons. The van der Waals surface area contributed by atoms with Crippen LogP contribution in [-0.4, -0.2) is 39.5 Å². The van der Waals surface area contributed by atoms with Crippen molar-refractivity contribution in [2.45, 2.75) is 30.0 Å². The van der Waals surface area contributed by atoms with E-state index in [0.717, 1.165) is 0 Å². The largest absolute Gasteiger partial charge is 0.497 e. The summed E-state index contributed by atoms with van der Waals surface area (Å²) in [7, 11) is 1.60. The normalized spacial score (nSPS) is 15.9. The van der Waals surface area contributed by atoms with E-state index in [1.807, 2.05) is 35.8 Å². The van der Waals surface area contributed by atoms with Gasteiger partial charge in [0.15, 0.2) is 34.4 Å². The Morgan fingerprint density at radius 3 is 2.71 bits per heavy atom. The zero-order valence-electron chi connectivity index (χ0n) is 17.4. The molecule has 4 rings (SSSR count). The number of ether oxygens (including phenoxy) is 3. The van der Waals surface area contributed by atoms with Crippen LogP contribution in [-0.2, 0) is 6.54 Å². The summed E-state index contributed by atoms with van der Waals surface area (Å²) in [6.07, 6.45) is 1.37. The van der Waals surface area contributed by atoms with E-state index in [0.29, 0.717) is 46.9 Å². The number of carbonyl (C=O) groups is 1. The number of fused-ring (bicyclic) bond motifs is 1. The number of rotatable bonds is 8. The Labute approximate surface area is 185 Å². The van der Waals surface area contributed by atoms with Crippen LogP contribution in [0.15, 0.2) is 66.3 Å². The van der Waals surface area contributed by atoms with Crippen LogP contribution in [0.1, 0.15) is 29.2 Å². The molecule has 1 aliphatic rings. The van der Waals surface area contributed by atoms with Gasteiger partial charge in [-0.05, 0) is 43.3 Å². The van der Waals surface area contributed by atoms with Crippen LogP contribution in [0.25, 0.3) is 0 Å². The van der Waals surface area contributed by atoms with E-state index in [1.54, 1.807) is 37.5 Å². The molecule has 0 amide bonds. The fourth-order valence-electron chi connectivity index (χ4n) is 3.27. The van der Waals surface area contributed by atoms with Crippen LogP contribution in [0.5, 0.6) is 17.2 Å². The van der Waals surface area contributed by atoms with Crippen molar-refractivity contribution >= 4 is 17.5 Å². The maximum atomic E-state index is 12.9. The third-order valence-electron chi connectivity index (χ3n) is 4.88. The molecule has 0 aliphatic carbocycles. The number of benzene rings is 2. The van der Waals surface area contributed by atoms with E-state index >= 15 is 0 Å². The highest BCUT2D eigenvalue weighted by Gasteiger charge is 2.29. The molecule has 0 unspecified atom stereocenters. The molecular weight excluding hydrogens is 414 g/mol. The summed E-state index contributed by atoms with van der Waals surface area (Å²) in [6.45, 7) is 6.53. The molecular formula is C23H23N3O4S. The summed E-state index contributed by atoms with van der Waals surface area (Å²) in [6, 6.07) is 14.6. The van der Waals surface area contributed by atoms with Crippen molar-refractivity contribution in [1.82, 2.24) is 14.8 Å². The summed E-state index contributed by atoms with van der Waals surface area (Å²) in [4.78, 5) is 12.9. The van der Waals surface area contributed by atoms with Crippen LogP contribution in [0.2, 0.25) is 0 Å². The highest BCUT2D eigenvalue weighted by molar-refractivity contribution is 8.00. The van der Waals surface area contributed by atoms with Gasteiger partial charge in [-0.2, -0.15) is 0 Å². The Kier molecular flexibility index (Phi) is 6.27. The molecule has 0 bridgehead atoms. The van der Waals surface area contributed by atoms with Crippen LogP contribution in [0.4, 0.5) is 0 Å². The molecule has 0 saturated heterocycles. The predicted molar refractivity (Wildman–Crippen MR) is 118 cm³/mol. The van der Waals surface area contributed by atoms with Crippen molar-refractivity contribution in [1.29, 1.82) is 0 Å². The van der Waals surface area contributed by atoms with Gasteiger partial charge in [0.2, 0.25) is 0 Å². The lowest BCUT2D eigenvalue weighted by Crippen LogP contribution is -2.25. The minimum Gasteiger partial charge on any atom is -0.497 e. The first-order valence-corrected chi connectivity index (χ1v) is 10.8. The lowest BCUT2D eigenvalue weighted by atomic mass is 10.1. The highest BCUT2D eigenvalue weighted by Crippen LogP contribution is 2.36. The molecule has 1 aromatic heterocycles. The molecule has 1 aliphatic heterocycles. The number of aromatic nitrogens is 3. The monoisotopic (exact) mass is 437 g/mol. The van der Waals surface area contributed by atoms with Crippen LogP contribution < -0.4 is 14.2 Å². The number of para-hydroxylation sites is 2. The van der Waals surface area contributed by atoms with Crippen LogP contribution >= 0.6 is 11.8 Å². The lowest BCUT2D eigenvalue weighted by molar-refractivity contribution is 0.0821. The van der Waals surface area contributed by atoms with Crippen LogP contribution in [0, 0.1) is 0 Å². The average molecular weight is 438 g/mol. The number of carbonyl (C=O) groups excluding carboxylic acids is 1. The van der Waals surface area contributed by atoms with E-state index < -0.39 is 6.10 Å². The number of thioether (sulfide) groups is 1.